The molecule has 24 heavy (non-hydrogen) atoms. The van der Waals surface area contributed by atoms with Gasteiger partial charge in [-0.2, -0.15) is 5.10 Å². The lowest BCUT2D eigenvalue weighted by molar-refractivity contribution is 0.837. The molecule has 0 saturated heterocycles. The van der Waals surface area contributed by atoms with E-state index in [1.165, 1.54) is 16.0 Å². The summed E-state index contributed by atoms with van der Waals surface area (Å²) >= 11 is 1.65. The summed E-state index contributed by atoms with van der Waals surface area (Å²) < 4.78 is 0. The first-order valence-corrected chi connectivity index (χ1v) is 9.06. The fourth-order valence-electron chi connectivity index (χ4n) is 3.14. The number of nitrogens with zero attached hydrogens (tertiary/aromatic N) is 2. The van der Waals surface area contributed by atoms with E-state index in [1.807, 2.05) is 18.2 Å². The second-order valence-corrected chi connectivity index (χ2v) is 7.17. The van der Waals surface area contributed by atoms with Gasteiger partial charge in [-0.05, 0) is 31.7 Å². The molecule has 1 N–H and O–H groups in total. The van der Waals surface area contributed by atoms with Crippen LogP contribution in [0.1, 0.15) is 28.8 Å². The van der Waals surface area contributed by atoms with Crippen LogP contribution >= 0.6 is 11.3 Å². The van der Waals surface area contributed by atoms with Crippen LogP contribution in [0.25, 0.3) is 11.3 Å². The van der Waals surface area contributed by atoms with Gasteiger partial charge in [0.2, 0.25) is 5.13 Å². The van der Waals surface area contributed by atoms with Crippen LogP contribution in [0.15, 0.2) is 59.7 Å². The van der Waals surface area contributed by atoms with Gasteiger partial charge < -0.3 is 0 Å². The molecule has 0 bridgehead atoms. The van der Waals surface area contributed by atoms with Gasteiger partial charge in [0, 0.05) is 16.0 Å². The first-order valence-electron chi connectivity index (χ1n) is 8.25. The molecule has 0 aliphatic heterocycles. The van der Waals surface area contributed by atoms with Crippen molar-refractivity contribution in [3.63, 3.8) is 0 Å². The molecule has 120 valence electrons. The number of fused-ring (bicyclic) bond motifs is 1. The number of anilines is 1. The third-order valence-corrected chi connectivity index (χ3v) is 5.19. The number of benzene rings is 2. The van der Waals surface area contributed by atoms with Crippen molar-refractivity contribution in [1.29, 1.82) is 0 Å². The fraction of sp³-hybridized carbons (Fsp3) is 0.200. The van der Waals surface area contributed by atoms with Crippen LogP contribution in [-0.2, 0) is 6.42 Å². The number of aromatic nitrogens is 1. The molecule has 0 radical (unpaired) electrons. The normalized spacial score (nSPS) is 15.3. The highest BCUT2D eigenvalue weighted by molar-refractivity contribution is 7.16. The van der Waals surface area contributed by atoms with Gasteiger partial charge in [-0.1, -0.05) is 54.6 Å². The van der Waals surface area contributed by atoms with E-state index in [9.17, 15) is 0 Å². The maximum atomic E-state index is 4.72. The average molecular weight is 333 g/mol. The first kappa shape index (κ1) is 15.1. The zero-order chi connectivity index (χ0) is 16.4. The molecule has 1 heterocycles. The number of aryl methyl sites for hydroxylation is 2. The zero-order valence-electron chi connectivity index (χ0n) is 13.6. The van der Waals surface area contributed by atoms with Crippen molar-refractivity contribution in [2.24, 2.45) is 5.10 Å². The van der Waals surface area contributed by atoms with Gasteiger partial charge in [0.05, 0.1) is 11.4 Å². The van der Waals surface area contributed by atoms with Crippen LogP contribution < -0.4 is 5.43 Å². The SMILES string of the molecule is Cc1sc(N/N=C2/CCCc3ccccc32)nc1-c1ccccc1. The minimum atomic E-state index is 0.849. The monoisotopic (exact) mass is 333 g/mol. The predicted octanol–water partition coefficient (Wildman–Crippen LogP) is 5.27. The number of hydrogen-bond acceptors (Lipinski definition) is 4. The molecule has 0 saturated carbocycles. The molecule has 1 aliphatic rings. The molecule has 3 aromatic rings. The minimum Gasteiger partial charge on any atom is -0.252 e. The molecule has 0 spiro atoms. The summed E-state index contributed by atoms with van der Waals surface area (Å²) in [6.07, 6.45) is 3.31. The quantitative estimate of drug-likeness (QED) is 0.663. The Labute approximate surface area is 146 Å². The van der Waals surface area contributed by atoms with Gasteiger partial charge in [-0.3, -0.25) is 5.43 Å². The molecule has 2 aromatic carbocycles. The Morgan fingerprint density at radius 3 is 2.67 bits per heavy atom. The minimum absolute atomic E-state index is 0.849. The van der Waals surface area contributed by atoms with Crippen LogP contribution in [0.3, 0.4) is 0 Å². The Hall–Kier alpha value is -2.46. The summed E-state index contributed by atoms with van der Waals surface area (Å²) in [6, 6.07) is 18.8. The van der Waals surface area contributed by atoms with E-state index in [4.69, 9.17) is 4.98 Å². The number of hydrogen-bond donors (Lipinski definition) is 1. The fourth-order valence-corrected chi connectivity index (χ4v) is 3.92. The number of rotatable bonds is 3. The van der Waals surface area contributed by atoms with Gasteiger partial charge >= 0.3 is 0 Å². The highest BCUT2D eigenvalue weighted by Gasteiger charge is 2.15. The van der Waals surface area contributed by atoms with Gasteiger partial charge in [0.25, 0.3) is 0 Å². The Bertz CT molecular complexity index is 881. The van der Waals surface area contributed by atoms with Crippen molar-refractivity contribution < 1.29 is 0 Å². The zero-order valence-corrected chi connectivity index (χ0v) is 14.4. The summed E-state index contributed by atoms with van der Waals surface area (Å²) in [6.45, 7) is 2.11. The second-order valence-electron chi connectivity index (χ2n) is 5.97. The van der Waals surface area contributed by atoms with Gasteiger partial charge in [0.15, 0.2) is 0 Å². The molecule has 1 aliphatic carbocycles. The van der Waals surface area contributed by atoms with E-state index in [-0.39, 0.29) is 0 Å². The molecular formula is C20H19N3S. The van der Waals surface area contributed by atoms with Crippen LogP contribution in [-0.4, -0.2) is 10.7 Å². The molecule has 0 atom stereocenters. The predicted molar refractivity (Wildman–Crippen MR) is 102 cm³/mol. The van der Waals surface area contributed by atoms with Crippen LogP contribution in [0.4, 0.5) is 5.13 Å². The third kappa shape index (κ3) is 2.97. The van der Waals surface area contributed by atoms with E-state index in [1.54, 1.807) is 11.3 Å². The molecule has 0 unspecified atom stereocenters. The lowest BCUT2D eigenvalue weighted by Gasteiger charge is -2.17. The standard InChI is InChI=1S/C20H19N3S/c1-14-19(16-9-3-2-4-10-16)21-20(24-14)23-22-18-13-7-11-15-8-5-6-12-17(15)18/h2-6,8-10,12H,7,11,13H2,1H3,(H,21,23)/b22-18-. The maximum absolute atomic E-state index is 4.72. The van der Waals surface area contributed by atoms with Gasteiger partial charge in [0.1, 0.15) is 0 Å². The maximum Gasteiger partial charge on any atom is 0.204 e. The Balaban J connectivity index is 1.59. The Kier molecular flexibility index (Phi) is 4.13. The third-order valence-electron chi connectivity index (χ3n) is 4.32. The molecular weight excluding hydrogens is 314 g/mol. The van der Waals surface area contributed by atoms with Crippen molar-refractivity contribution in [2.75, 3.05) is 5.43 Å². The van der Waals surface area contributed by atoms with Crippen LogP contribution in [0.2, 0.25) is 0 Å². The number of thiazole rings is 1. The lowest BCUT2D eigenvalue weighted by atomic mass is 9.90. The molecule has 4 rings (SSSR count). The first-order chi connectivity index (χ1) is 11.8. The van der Waals surface area contributed by atoms with E-state index >= 15 is 0 Å². The van der Waals surface area contributed by atoms with Crippen molar-refractivity contribution in [3.8, 4) is 11.3 Å². The molecule has 4 heteroatoms. The highest BCUT2D eigenvalue weighted by Crippen LogP contribution is 2.30. The lowest BCUT2D eigenvalue weighted by Crippen LogP contribution is -2.13. The molecule has 0 amide bonds. The second kappa shape index (κ2) is 6.57. The van der Waals surface area contributed by atoms with Crippen molar-refractivity contribution in [1.82, 2.24) is 4.98 Å². The number of hydrazone groups is 1. The van der Waals surface area contributed by atoms with Crippen molar-refractivity contribution in [2.45, 2.75) is 26.2 Å². The molecule has 0 fully saturated rings. The summed E-state index contributed by atoms with van der Waals surface area (Å²) in [5.74, 6) is 0. The van der Waals surface area contributed by atoms with E-state index in [2.05, 4.69) is 53.8 Å². The van der Waals surface area contributed by atoms with Gasteiger partial charge in [-0.25, -0.2) is 4.98 Å². The van der Waals surface area contributed by atoms with Crippen LogP contribution in [0.5, 0.6) is 0 Å². The van der Waals surface area contributed by atoms with E-state index in [0.717, 1.165) is 41.4 Å². The van der Waals surface area contributed by atoms with E-state index in [0.29, 0.717) is 0 Å². The molecule has 1 aromatic heterocycles. The summed E-state index contributed by atoms with van der Waals surface area (Å²) in [4.78, 5) is 5.92. The van der Waals surface area contributed by atoms with Crippen molar-refractivity contribution >= 4 is 22.2 Å². The summed E-state index contributed by atoms with van der Waals surface area (Å²) in [5, 5.41) is 5.51. The number of nitrogens with one attached hydrogen (secondary N) is 1. The smallest absolute Gasteiger partial charge is 0.204 e. The summed E-state index contributed by atoms with van der Waals surface area (Å²) in [7, 11) is 0. The molecule has 3 nitrogen and oxygen atoms in total. The summed E-state index contributed by atoms with van der Waals surface area (Å²) in [5.41, 5.74) is 9.16. The topological polar surface area (TPSA) is 37.3 Å². The van der Waals surface area contributed by atoms with Gasteiger partial charge in [-0.15, -0.1) is 11.3 Å². The highest BCUT2D eigenvalue weighted by atomic mass is 32.1. The van der Waals surface area contributed by atoms with Crippen LogP contribution in [0, 0.1) is 6.92 Å². The van der Waals surface area contributed by atoms with Crippen molar-refractivity contribution in [3.05, 3.63) is 70.6 Å². The Morgan fingerprint density at radius 1 is 1.00 bits per heavy atom. The van der Waals surface area contributed by atoms with E-state index < -0.39 is 0 Å². The average Bonchev–Trinajstić information content (AvgIpc) is 3.01. The Morgan fingerprint density at radius 2 is 1.79 bits per heavy atom. The largest absolute Gasteiger partial charge is 0.252 e.